The van der Waals surface area contributed by atoms with Crippen LogP contribution in [-0.2, 0) is 40.3 Å². The molecule has 0 saturated heterocycles. The fourth-order valence-corrected chi connectivity index (χ4v) is 4.21. The van der Waals surface area contributed by atoms with E-state index in [-0.39, 0.29) is 25.3 Å². The minimum atomic E-state index is -1.13. The molecule has 8 nitrogen and oxygen atoms in total. The Balaban J connectivity index is 1.62. The molecule has 34 heavy (non-hydrogen) atoms. The third-order valence-electron chi connectivity index (χ3n) is 6.27. The number of aromatic nitrogens is 2. The molecule has 0 saturated carbocycles. The molecule has 1 aliphatic rings. The lowest BCUT2D eigenvalue weighted by molar-refractivity contribution is -0.145. The number of carboxylic acids is 1. The minimum absolute atomic E-state index is 0.153. The molecule has 0 aliphatic carbocycles. The lowest BCUT2D eigenvalue weighted by atomic mass is 9.99. The highest BCUT2D eigenvalue weighted by molar-refractivity contribution is 5.91. The maximum Gasteiger partial charge on any atom is 0.325 e. The summed E-state index contributed by atoms with van der Waals surface area (Å²) in [5, 5.41) is 11.7. The largest absolute Gasteiger partial charge is 0.480 e. The standard InChI is InChI=1S/C26H28N4O4/c1-17-8-6-7-11-20(17)14-29-16-27-21-13-22(25(32)28-18(2)26(33)34)30(15-23(21)29)24(31)12-19-9-4-3-5-10-19/h3-11,16,18,22H,12-15H2,1-2H3,(H,28,32)(H,33,34). The number of carboxylic acid groups (broad SMARTS) is 1. The van der Waals surface area contributed by atoms with E-state index in [1.165, 1.54) is 6.92 Å². The molecule has 176 valence electrons. The van der Waals surface area contributed by atoms with Crippen LogP contribution in [0.25, 0.3) is 0 Å². The third kappa shape index (κ3) is 5.01. The van der Waals surface area contributed by atoms with E-state index in [4.69, 9.17) is 0 Å². The van der Waals surface area contributed by atoms with Crippen molar-refractivity contribution < 1.29 is 19.5 Å². The number of rotatable bonds is 7. The molecular formula is C26H28N4O4. The van der Waals surface area contributed by atoms with Gasteiger partial charge in [0.1, 0.15) is 12.1 Å². The number of aliphatic carboxylic acids is 1. The first-order valence-corrected chi connectivity index (χ1v) is 11.3. The lowest BCUT2D eigenvalue weighted by Crippen LogP contribution is -2.55. The van der Waals surface area contributed by atoms with E-state index in [9.17, 15) is 19.5 Å². The lowest BCUT2D eigenvalue weighted by Gasteiger charge is -2.35. The average molecular weight is 461 g/mol. The van der Waals surface area contributed by atoms with Crippen molar-refractivity contribution in [2.24, 2.45) is 0 Å². The first-order chi connectivity index (χ1) is 16.3. The van der Waals surface area contributed by atoms with Crippen LogP contribution in [0.3, 0.4) is 0 Å². The molecule has 2 atom stereocenters. The van der Waals surface area contributed by atoms with Gasteiger partial charge in [-0.1, -0.05) is 54.6 Å². The van der Waals surface area contributed by atoms with E-state index in [1.807, 2.05) is 47.0 Å². The molecule has 3 aromatic rings. The van der Waals surface area contributed by atoms with Crippen LogP contribution >= 0.6 is 0 Å². The molecule has 0 radical (unpaired) electrons. The molecule has 2 aromatic carbocycles. The highest BCUT2D eigenvalue weighted by Crippen LogP contribution is 2.25. The highest BCUT2D eigenvalue weighted by Gasteiger charge is 2.37. The smallest absolute Gasteiger partial charge is 0.325 e. The Morgan fingerprint density at radius 1 is 1.12 bits per heavy atom. The van der Waals surface area contributed by atoms with Crippen molar-refractivity contribution in [2.45, 2.75) is 51.9 Å². The van der Waals surface area contributed by atoms with E-state index in [0.29, 0.717) is 6.54 Å². The zero-order valence-electron chi connectivity index (χ0n) is 19.3. The van der Waals surface area contributed by atoms with E-state index < -0.39 is 24.0 Å². The monoisotopic (exact) mass is 460 g/mol. The molecule has 8 heteroatoms. The van der Waals surface area contributed by atoms with Gasteiger partial charge in [-0.3, -0.25) is 14.4 Å². The summed E-state index contributed by atoms with van der Waals surface area (Å²) >= 11 is 0. The molecule has 2 amide bonds. The van der Waals surface area contributed by atoms with Gasteiger partial charge in [-0.05, 0) is 30.5 Å². The van der Waals surface area contributed by atoms with Gasteiger partial charge < -0.3 is 19.9 Å². The Hall–Kier alpha value is -3.94. The number of aryl methyl sites for hydroxylation is 1. The third-order valence-corrected chi connectivity index (χ3v) is 6.27. The molecule has 2 unspecified atom stereocenters. The predicted molar refractivity (Wildman–Crippen MR) is 126 cm³/mol. The first kappa shape index (κ1) is 23.2. The maximum atomic E-state index is 13.4. The molecular weight excluding hydrogens is 432 g/mol. The zero-order chi connectivity index (χ0) is 24.2. The number of amides is 2. The normalized spacial score (nSPS) is 15.9. The SMILES string of the molecule is Cc1ccccc1Cn1cnc2c1CN(C(=O)Cc1ccccc1)C(C(=O)NC(C)C(=O)O)C2. The quantitative estimate of drug-likeness (QED) is 0.563. The van der Waals surface area contributed by atoms with Crippen LogP contribution in [0.1, 0.15) is 35.0 Å². The van der Waals surface area contributed by atoms with Crippen LogP contribution in [0.4, 0.5) is 0 Å². The number of imidazole rings is 1. The molecule has 4 rings (SSSR count). The van der Waals surface area contributed by atoms with Gasteiger partial charge >= 0.3 is 5.97 Å². The second-order valence-corrected chi connectivity index (χ2v) is 8.66. The molecule has 1 aliphatic heterocycles. The van der Waals surface area contributed by atoms with Gasteiger partial charge in [0.05, 0.1) is 30.7 Å². The molecule has 1 aromatic heterocycles. The summed E-state index contributed by atoms with van der Waals surface area (Å²) in [6.07, 6.45) is 2.13. The summed E-state index contributed by atoms with van der Waals surface area (Å²) in [7, 11) is 0. The Morgan fingerprint density at radius 2 is 1.82 bits per heavy atom. The number of benzene rings is 2. The number of hydrogen-bond donors (Lipinski definition) is 2. The number of carbonyl (C=O) groups is 3. The number of carbonyl (C=O) groups excluding carboxylic acids is 2. The number of nitrogens with one attached hydrogen (secondary N) is 1. The summed E-state index contributed by atoms with van der Waals surface area (Å²) in [5.41, 5.74) is 4.81. The Kier molecular flexibility index (Phi) is 6.77. The van der Waals surface area contributed by atoms with E-state index in [1.54, 1.807) is 11.2 Å². The molecule has 2 heterocycles. The maximum absolute atomic E-state index is 13.4. The van der Waals surface area contributed by atoms with E-state index >= 15 is 0 Å². The van der Waals surface area contributed by atoms with Gasteiger partial charge in [-0.15, -0.1) is 0 Å². The Bertz CT molecular complexity index is 1200. The fraction of sp³-hybridized carbons (Fsp3) is 0.308. The van der Waals surface area contributed by atoms with Crippen molar-refractivity contribution >= 4 is 17.8 Å². The molecule has 0 bridgehead atoms. The molecule has 0 spiro atoms. The van der Waals surface area contributed by atoms with Crippen LogP contribution in [0, 0.1) is 6.92 Å². The van der Waals surface area contributed by atoms with Crippen LogP contribution in [0.15, 0.2) is 60.9 Å². The predicted octanol–water partition coefficient (Wildman–Crippen LogP) is 2.33. The number of fused-ring (bicyclic) bond motifs is 1. The van der Waals surface area contributed by atoms with Crippen molar-refractivity contribution in [3.63, 3.8) is 0 Å². The van der Waals surface area contributed by atoms with Gasteiger partial charge in [0.25, 0.3) is 0 Å². The van der Waals surface area contributed by atoms with Crippen molar-refractivity contribution in [1.29, 1.82) is 0 Å². The van der Waals surface area contributed by atoms with Crippen LogP contribution in [-0.4, -0.2) is 49.4 Å². The van der Waals surface area contributed by atoms with Crippen LogP contribution in [0.2, 0.25) is 0 Å². The second-order valence-electron chi connectivity index (χ2n) is 8.66. The number of nitrogens with zero attached hydrogens (tertiary/aromatic N) is 3. The van der Waals surface area contributed by atoms with Gasteiger partial charge in [0, 0.05) is 13.0 Å². The van der Waals surface area contributed by atoms with Crippen molar-refractivity contribution in [3.05, 3.63) is 89.0 Å². The van der Waals surface area contributed by atoms with E-state index in [0.717, 1.165) is 28.1 Å². The Morgan fingerprint density at radius 3 is 2.53 bits per heavy atom. The Labute approximate surface area is 198 Å². The van der Waals surface area contributed by atoms with Gasteiger partial charge in [0.15, 0.2) is 0 Å². The molecule has 2 N–H and O–H groups in total. The van der Waals surface area contributed by atoms with Crippen LogP contribution < -0.4 is 5.32 Å². The van der Waals surface area contributed by atoms with Gasteiger partial charge in [-0.2, -0.15) is 0 Å². The molecule has 0 fully saturated rings. The topological polar surface area (TPSA) is 105 Å². The highest BCUT2D eigenvalue weighted by atomic mass is 16.4. The number of hydrogen-bond acceptors (Lipinski definition) is 4. The summed E-state index contributed by atoms with van der Waals surface area (Å²) < 4.78 is 2.02. The second kappa shape index (κ2) is 9.91. The fourth-order valence-electron chi connectivity index (χ4n) is 4.21. The summed E-state index contributed by atoms with van der Waals surface area (Å²) in [6.45, 7) is 4.30. The van der Waals surface area contributed by atoms with Crippen molar-refractivity contribution in [3.8, 4) is 0 Å². The summed E-state index contributed by atoms with van der Waals surface area (Å²) in [6, 6.07) is 15.6. The summed E-state index contributed by atoms with van der Waals surface area (Å²) in [4.78, 5) is 43.7. The van der Waals surface area contributed by atoms with Crippen LogP contribution in [0.5, 0.6) is 0 Å². The minimum Gasteiger partial charge on any atom is -0.480 e. The summed E-state index contributed by atoms with van der Waals surface area (Å²) in [5.74, 6) is -1.81. The zero-order valence-corrected chi connectivity index (χ0v) is 19.3. The first-order valence-electron chi connectivity index (χ1n) is 11.3. The van der Waals surface area contributed by atoms with Crippen molar-refractivity contribution in [2.75, 3.05) is 0 Å². The van der Waals surface area contributed by atoms with Gasteiger partial charge in [0.2, 0.25) is 11.8 Å². The van der Waals surface area contributed by atoms with Gasteiger partial charge in [-0.25, -0.2) is 4.98 Å². The van der Waals surface area contributed by atoms with E-state index in [2.05, 4.69) is 29.4 Å². The van der Waals surface area contributed by atoms with Crippen molar-refractivity contribution in [1.82, 2.24) is 19.8 Å². The average Bonchev–Trinajstić information content (AvgIpc) is 3.22.